The van der Waals surface area contributed by atoms with Crippen LogP contribution in [0.4, 0.5) is 13.2 Å². The predicted molar refractivity (Wildman–Crippen MR) is 80.8 cm³/mol. The average Bonchev–Trinajstić information content (AvgIpc) is 2.45. The Morgan fingerprint density at radius 2 is 1.57 bits per heavy atom. The maximum absolute atomic E-state index is 12.5. The number of nitrogens with one attached hydrogen (secondary N) is 1. The Labute approximate surface area is 130 Å². The topological polar surface area (TPSA) is 12.0 Å². The minimum absolute atomic E-state index is 0.125. The number of hydrogen-bond donors (Lipinski definition) is 1. The Balaban J connectivity index is 1.95. The summed E-state index contributed by atoms with van der Waals surface area (Å²) in [5.41, 5.74) is 1.34. The quantitative estimate of drug-likeness (QED) is 0.780. The monoisotopic (exact) mass is 357 g/mol. The SMILES string of the molecule is C[C@H](NCc1ccc(C(F)(F)F)cc1)c1ccc(Br)cc1. The van der Waals surface area contributed by atoms with Crippen molar-refractivity contribution in [3.05, 3.63) is 69.7 Å². The molecule has 1 atom stereocenters. The highest BCUT2D eigenvalue weighted by Crippen LogP contribution is 2.29. The Morgan fingerprint density at radius 3 is 2.10 bits per heavy atom. The van der Waals surface area contributed by atoms with E-state index >= 15 is 0 Å². The Hall–Kier alpha value is -1.33. The average molecular weight is 358 g/mol. The van der Waals surface area contributed by atoms with E-state index in [1.807, 2.05) is 31.2 Å². The van der Waals surface area contributed by atoms with E-state index in [0.717, 1.165) is 27.7 Å². The summed E-state index contributed by atoms with van der Waals surface area (Å²) in [5, 5.41) is 3.30. The van der Waals surface area contributed by atoms with Gasteiger partial charge in [-0.05, 0) is 42.3 Å². The van der Waals surface area contributed by atoms with Crippen LogP contribution in [0.3, 0.4) is 0 Å². The summed E-state index contributed by atoms with van der Waals surface area (Å²) in [4.78, 5) is 0. The van der Waals surface area contributed by atoms with Crippen molar-refractivity contribution in [3.8, 4) is 0 Å². The van der Waals surface area contributed by atoms with E-state index in [2.05, 4.69) is 21.2 Å². The molecule has 0 saturated carbocycles. The molecule has 0 amide bonds. The fourth-order valence-electron chi connectivity index (χ4n) is 1.95. The molecule has 0 saturated heterocycles. The van der Waals surface area contributed by atoms with E-state index in [-0.39, 0.29) is 6.04 Å². The number of rotatable bonds is 4. The molecule has 21 heavy (non-hydrogen) atoms. The van der Waals surface area contributed by atoms with Crippen molar-refractivity contribution in [2.75, 3.05) is 0 Å². The molecule has 0 aliphatic heterocycles. The van der Waals surface area contributed by atoms with Crippen LogP contribution in [0.15, 0.2) is 53.0 Å². The van der Waals surface area contributed by atoms with Gasteiger partial charge < -0.3 is 5.32 Å². The molecule has 0 unspecified atom stereocenters. The number of alkyl halides is 3. The Morgan fingerprint density at radius 1 is 1.00 bits per heavy atom. The second kappa shape index (κ2) is 6.62. The minimum Gasteiger partial charge on any atom is -0.306 e. The van der Waals surface area contributed by atoms with Gasteiger partial charge in [0, 0.05) is 17.1 Å². The molecule has 2 aromatic carbocycles. The zero-order valence-electron chi connectivity index (χ0n) is 11.4. The first-order chi connectivity index (χ1) is 9.86. The first kappa shape index (κ1) is 16.0. The van der Waals surface area contributed by atoms with E-state index in [9.17, 15) is 13.2 Å². The highest BCUT2D eigenvalue weighted by molar-refractivity contribution is 9.10. The third-order valence-electron chi connectivity index (χ3n) is 3.26. The minimum atomic E-state index is -4.28. The molecule has 2 rings (SSSR count). The molecule has 0 bridgehead atoms. The highest BCUT2D eigenvalue weighted by atomic mass is 79.9. The lowest BCUT2D eigenvalue weighted by atomic mass is 10.1. The molecule has 0 aromatic heterocycles. The summed E-state index contributed by atoms with van der Waals surface area (Å²) in [5.74, 6) is 0. The molecule has 1 N–H and O–H groups in total. The molecule has 1 nitrogen and oxygen atoms in total. The number of halogens is 4. The van der Waals surface area contributed by atoms with Crippen LogP contribution in [0, 0.1) is 0 Å². The summed E-state index contributed by atoms with van der Waals surface area (Å²) < 4.78 is 38.4. The molecular formula is C16H15BrF3N. The van der Waals surface area contributed by atoms with Crippen LogP contribution in [0.2, 0.25) is 0 Å². The second-order valence-corrected chi connectivity index (χ2v) is 5.76. The normalized spacial score (nSPS) is 13.2. The van der Waals surface area contributed by atoms with Gasteiger partial charge in [-0.15, -0.1) is 0 Å². The Kier molecular flexibility index (Phi) is 5.06. The first-order valence-electron chi connectivity index (χ1n) is 6.51. The van der Waals surface area contributed by atoms with Crippen molar-refractivity contribution < 1.29 is 13.2 Å². The van der Waals surface area contributed by atoms with Gasteiger partial charge in [-0.2, -0.15) is 13.2 Å². The van der Waals surface area contributed by atoms with Crippen molar-refractivity contribution in [1.29, 1.82) is 0 Å². The standard InChI is InChI=1S/C16H15BrF3N/c1-11(13-4-8-15(17)9-5-13)21-10-12-2-6-14(7-3-12)16(18,19)20/h2-9,11,21H,10H2,1H3/t11-/m0/s1. The predicted octanol–water partition coefficient (Wildman–Crippen LogP) is 5.32. The summed E-state index contributed by atoms with van der Waals surface area (Å²) >= 11 is 3.38. The maximum Gasteiger partial charge on any atom is 0.416 e. The summed E-state index contributed by atoms with van der Waals surface area (Å²) in [6.07, 6.45) is -4.28. The molecule has 0 aliphatic carbocycles. The zero-order valence-corrected chi connectivity index (χ0v) is 13.0. The third kappa shape index (κ3) is 4.58. The number of benzene rings is 2. The van der Waals surface area contributed by atoms with Gasteiger partial charge in [0.05, 0.1) is 5.56 Å². The molecular weight excluding hydrogens is 343 g/mol. The van der Waals surface area contributed by atoms with Crippen LogP contribution >= 0.6 is 15.9 Å². The van der Waals surface area contributed by atoms with Crippen molar-refractivity contribution >= 4 is 15.9 Å². The van der Waals surface area contributed by atoms with E-state index in [4.69, 9.17) is 0 Å². The van der Waals surface area contributed by atoms with Gasteiger partial charge in [0.2, 0.25) is 0 Å². The van der Waals surface area contributed by atoms with E-state index in [0.29, 0.717) is 6.54 Å². The summed E-state index contributed by atoms with van der Waals surface area (Å²) in [6, 6.07) is 13.3. The third-order valence-corrected chi connectivity index (χ3v) is 3.79. The van der Waals surface area contributed by atoms with E-state index in [1.54, 1.807) is 0 Å². The van der Waals surface area contributed by atoms with Crippen LogP contribution in [0.25, 0.3) is 0 Å². The van der Waals surface area contributed by atoms with Gasteiger partial charge in [-0.1, -0.05) is 40.2 Å². The summed E-state index contributed by atoms with van der Waals surface area (Å²) in [6.45, 7) is 2.54. The number of hydrogen-bond acceptors (Lipinski definition) is 1. The van der Waals surface area contributed by atoms with Crippen molar-refractivity contribution in [2.45, 2.75) is 25.7 Å². The van der Waals surface area contributed by atoms with Gasteiger partial charge in [0.1, 0.15) is 0 Å². The Bertz CT molecular complexity index is 576. The summed E-state index contributed by atoms with van der Waals surface area (Å²) in [7, 11) is 0. The van der Waals surface area contributed by atoms with Gasteiger partial charge in [0.15, 0.2) is 0 Å². The maximum atomic E-state index is 12.5. The highest BCUT2D eigenvalue weighted by Gasteiger charge is 2.29. The second-order valence-electron chi connectivity index (χ2n) is 4.85. The fraction of sp³-hybridized carbons (Fsp3) is 0.250. The van der Waals surface area contributed by atoms with Gasteiger partial charge in [-0.25, -0.2) is 0 Å². The zero-order chi connectivity index (χ0) is 15.5. The molecule has 0 spiro atoms. The van der Waals surface area contributed by atoms with Crippen LogP contribution < -0.4 is 5.32 Å². The molecule has 0 heterocycles. The van der Waals surface area contributed by atoms with Gasteiger partial charge in [-0.3, -0.25) is 0 Å². The van der Waals surface area contributed by atoms with Gasteiger partial charge >= 0.3 is 6.18 Å². The lowest BCUT2D eigenvalue weighted by molar-refractivity contribution is -0.137. The molecule has 5 heteroatoms. The largest absolute Gasteiger partial charge is 0.416 e. The van der Waals surface area contributed by atoms with E-state index < -0.39 is 11.7 Å². The fourth-order valence-corrected chi connectivity index (χ4v) is 2.22. The van der Waals surface area contributed by atoms with Crippen molar-refractivity contribution in [2.24, 2.45) is 0 Å². The molecule has 0 radical (unpaired) electrons. The smallest absolute Gasteiger partial charge is 0.306 e. The first-order valence-corrected chi connectivity index (χ1v) is 7.30. The molecule has 112 valence electrons. The lowest BCUT2D eigenvalue weighted by Gasteiger charge is -2.15. The van der Waals surface area contributed by atoms with Crippen LogP contribution in [-0.4, -0.2) is 0 Å². The van der Waals surface area contributed by atoms with Gasteiger partial charge in [0.25, 0.3) is 0 Å². The van der Waals surface area contributed by atoms with E-state index in [1.165, 1.54) is 12.1 Å². The van der Waals surface area contributed by atoms with Crippen LogP contribution in [0.1, 0.15) is 29.7 Å². The molecule has 0 fully saturated rings. The van der Waals surface area contributed by atoms with Crippen molar-refractivity contribution in [1.82, 2.24) is 5.32 Å². The lowest BCUT2D eigenvalue weighted by Crippen LogP contribution is -2.18. The molecule has 0 aliphatic rings. The van der Waals surface area contributed by atoms with Crippen molar-refractivity contribution in [3.63, 3.8) is 0 Å². The van der Waals surface area contributed by atoms with Crippen LogP contribution in [-0.2, 0) is 12.7 Å². The molecule has 2 aromatic rings. The van der Waals surface area contributed by atoms with Crippen LogP contribution in [0.5, 0.6) is 0 Å².